The SMILES string of the molecule is C#CCNC(=O)C(CCCCNC(=O)C(C)(C)OCCC(C)(C)N)NC(=O)CC(C)(C)OCCC(C)(C)N. The Bertz CT molecular complexity index is 791. The molecule has 10 heteroatoms. The molecule has 7 N–H and O–H groups in total. The van der Waals surface area contributed by atoms with Crippen LogP contribution in [-0.4, -0.2) is 72.3 Å². The maximum Gasteiger partial charge on any atom is 0.251 e. The molecule has 0 aromatic heterocycles. The first kappa shape index (κ1) is 35.8. The molecule has 0 aromatic rings. The van der Waals surface area contributed by atoms with Crippen LogP contribution in [0, 0.1) is 12.3 Å². The number of carbonyl (C=O) groups is 3. The lowest BCUT2D eigenvalue weighted by atomic mass is 10.0. The molecule has 38 heavy (non-hydrogen) atoms. The van der Waals surface area contributed by atoms with Crippen molar-refractivity contribution < 1.29 is 23.9 Å². The summed E-state index contributed by atoms with van der Waals surface area (Å²) in [7, 11) is 0. The Morgan fingerprint density at radius 3 is 1.95 bits per heavy atom. The van der Waals surface area contributed by atoms with E-state index in [1.807, 2.05) is 41.5 Å². The van der Waals surface area contributed by atoms with Gasteiger partial charge in [-0.3, -0.25) is 14.4 Å². The second kappa shape index (κ2) is 16.0. The van der Waals surface area contributed by atoms with Gasteiger partial charge >= 0.3 is 0 Å². The number of nitrogens with two attached hydrogens (primary N) is 2. The highest BCUT2D eigenvalue weighted by Crippen LogP contribution is 2.17. The second-order valence-corrected chi connectivity index (χ2v) is 12.4. The lowest BCUT2D eigenvalue weighted by Gasteiger charge is -2.28. The summed E-state index contributed by atoms with van der Waals surface area (Å²) < 4.78 is 11.6. The van der Waals surface area contributed by atoms with E-state index in [1.54, 1.807) is 13.8 Å². The van der Waals surface area contributed by atoms with Crippen molar-refractivity contribution in [3.63, 3.8) is 0 Å². The number of hydrogen-bond acceptors (Lipinski definition) is 7. The zero-order chi connectivity index (χ0) is 29.6. The molecule has 3 amide bonds. The van der Waals surface area contributed by atoms with Crippen LogP contribution in [0.1, 0.15) is 93.9 Å². The molecule has 0 saturated carbocycles. The van der Waals surface area contributed by atoms with Crippen molar-refractivity contribution in [2.45, 2.75) is 122 Å². The van der Waals surface area contributed by atoms with Gasteiger partial charge in [0.15, 0.2) is 0 Å². The maximum absolute atomic E-state index is 12.7. The third kappa shape index (κ3) is 18.1. The van der Waals surface area contributed by atoms with Gasteiger partial charge in [-0.15, -0.1) is 6.42 Å². The van der Waals surface area contributed by atoms with Crippen LogP contribution in [0.25, 0.3) is 0 Å². The highest BCUT2D eigenvalue weighted by Gasteiger charge is 2.29. The molecule has 0 radical (unpaired) electrons. The lowest BCUT2D eigenvalue weighted by molar-refractivity contribution is -0.143. The number of unbranched alkanes of at least 4 members (excludes halogenated alkanes) is 1. The first-order valence-corrected chi connectivity index (χ1v) is 13.4. The minimum atomic E-state index is -0.981. The summed E-state index contributed by atoms with van der Waals surface area (Å²) in [5, 5.41) is 8.31. The zero-order valence-electron chi connectivity index (χ0n) is 24.9. The Morgan fingerprint density at radius 2 is 1.42 bits per heavy atom. The van der Waals surface area contributed by atoms with Crippen molar-refractivity contribution in [1.29, 1.82) is 0 Å². The molecule has 0 rings (SSSR count). The van der Waals surface area contributed by atoms with E-state index < -0.39 is 17.2 Å². The number of carbonyl (C=O) groups excluding carboxylic acids is 3. The summed E-state index contributed by atoms with van der Waals surface area (Å²) in [6.45, 7) is 16.0. The monoisotopic (exact) mass is 539 g/mol. The van der Waals surface area contributed by atoms with Crippen molar-refractivity contribution in [2.75, 3.05) is 26.3 Å². The molecule has 0 fully saturated rings. The van der Waals surface area contributed by atoms with Crippen LogP contribution in [0.3, 0.4) is 0 Å². The van der Waals surface area contributed by atoms with Crippen molar-refractivity contribution in [2.24, 2.45) is 11.5 Å². The molecule has 1 unspecified atom stereocenters. The summed E-state index contributed by atoms with van der Waals surface area (Å²) in [5.41, 5.74) is 9.54. The van der Waals surface area contributed by atoms with E-state index in [1.165, 1.54) is 0 Å². The smallest absolute Gasteiger partial charge is 0.251 e. The van der Waals surface area contributed by atoms with Crippen LogP contribution >= 0.6 is 0 Å². The molecule has 0 aliphatic heterocycles. The Balaban J connectivity index is 4.73. The van der Waals surface area contributed by atoms with Gasteiger partial charge in [-0.05, 0) is 87.5 Å². The quantitative estimate of drug-likeness (QED) is 0.124. The van der Waals surface area contributed by atoms with E-state index in [-0.39, 0.29) is 41.8 Å². The molecule has 0 spiro atoms. The fraction of sp³-hybridized carbons (Fsp3) is 0.821. The fourth-order valence-corrected chi connectivity index (χ4v) is 3.33. The number of ether oxygens (including phenoxy) is 2. The van der Waals surface area contributed by atoms with Crippen LogP contribution in [-0.2, 0) is 23.9 Å². The van der Waals surface area contributed by atoms with Crippen molar-refractivity contribution in [1.82, 2.24) is 16.0 Å². The van der Waals surface area contributed by atoms with Gasteiger partial charge < -0.3 is 36.9 Å². The third-order valence-corrected chi connectivity index (χ3v) is 5.80. The molecule has 1 atom stereocenters. The minimum Gasteiger partial charge on any atom is -0.375 e. The van der Waals surface area contributed by atoms with Gasteiger partial charge in [0, 0.05) is 30.8 Å². The molecule has 0 aliphatic carbocycles. The van der Waals surface area contributed by atoms with Crippen LogP contribution in [0.2, 0.25) is 0 Å². The third-order valence-electron chi connectivity index (χ3n) is 5.80. The molecule has 10 nitrogen and oxygen atoms in total. The highest BCUT2D eigenvalue weighted by atomic mass is 16.5. The van der Waals surface area contributed by atoms with Gasteiger partial charge in [0.25, 0.3) is 5.91 Å². The van der Waals surface area contributed by atoms with E-state index >= 15 is 0 Å². The zero-order valence-corrected chi connectivity index (χ0v) is 24.9. The summed E-state index contributed by atoms with van der Waals surface area (Å²) in [6, 6.07) is -0.746. The number of hydrogen-bond donors (Lipinski definition) is 5. The standard InChI is InChI=1S/C28H53N5O5/c1-10-16-31-23(35)21(33-22(34)20-27(6,7)37-18-14-25(2,3)29)13-11-12-17-32-24(36)28(8,9)38-19-15-26(4,5)30/h1,21H,11-20,29-30H2,2-9H3,(H,31,35)(H,32,36)(H,33,34). The number of amides is 3. The van der Waals surface area contributed by atoms with Gasteiger partial charge in [0.05, 0.1) is 18.6 Å². The van der Waals surface area contributed by atoms with E-state index in [0.29, 0.717) is 51.9 Å². The predicted octanol–water partition coefficient (Wildman–Crippen LogP) is 1.74. The Hall–Kier alpha value is -2.19. The summed E-state index contributed by atoms with van der Waals surface area (Å²) >= 11 is 0. The topological polar surface area (TPSA) is 158 Å². The number of terminal acetylenes is 1. The Kier molecular flexibility index (Phi) is 15.1. The first-order valence-electron chi connectivity index (χ1n) is 13.4. The highest BCUT2D eigenvalue weighted by molar-refractivity contribution is 5.88. The van der Waals surface area contributed by atoms with E-state index in [9.17, 15) is 14.4 Å². The normalized spacial score (nSPS) is 13.4. The largest absolute Gasteiger partial charge is 0.375 e. The van der Waals surface area contributed by atoms with Crippen LogP contribution in [0.5, 0.6) is 0 Å². The summed E-state index contributed by atoms with van der Waals surface area (Å²) in [4.78, 5) is 37.9. The van der Waals surface area contributed by atoms with Gasteiger partial charge in [-0.1, -0.05) is 5.92 Å². The molecule has 0 bridgehead atoms. The Morgan fingerprint density at radius 1 is 0.868 bits per heavy atom. The summed E-state index contributed by atoms with van der Waals surface area (Å²) in [6.07, 6.45) is 8.25. The maximum atomic E-state index is 12.7. The molecule has 0 saturated heterocycles. The van der Waals surface area contributed by atoms with Gasteiger partial charge in [-0.2, -0.15) is 0 Å². The average Bonchev–Trinajstić information content (AvgIpc) is 2.73. The predicted molar refractivity (Wildman–Crippen MR) is 151 cm³/mol. The van der Waals surface area contributed by atoms with Gasteiger partial charge in [0.2, 0.25) is 11.8 Å². The average molecular weight is 540 g/mol. The second-order valence-electron chi connectivity index (χ2n) is 12.4. The molecular weight excluding hydrogens is 486 g/mol. The Labute approximate surface area is 230 Å². The summed E-state index contributed by atoms with van der Waals surface area (Å²) in [5.74, 6) is 1.50. The molecule has 0 heterocycles. The minimum absolute atomic E-state index is 0.0706. The van der Waals surface area contributed by atoms with Gasteiger partial charge in [0.1, 0.15) is 11.6 Å². The fourth-order valence-electron chi connectivity index (χ4n) is 3.33. The van der Waals surface area contributed by atoms with Crippen LogP contribution in [0.4, 0.5) is 0 Å². The van der Waals surface area contributed by atoms with Crippen molar-refractivity contribution >= 4 is 17.7 Å². The lowest BCUT2D eigenvalue weighted by Crippen LogP contribution is -2.48. The van der Waals surface area contributed by atoms with Crippen LogP contribution < -0.4 is 27.4 Å². The van der Waals surface area contributed by atoms with Crippen molar-refractivity contribution in [3.8, 4) is 12.3 Å². The van der Waals surface area contributed by atoms with Gasteiger partial charge in [-0.25, -0.2) is 0 Å². The molecular formula is C28H53N5O5. The van der Waals surface area contributed by atoms with E-state index in [4.69, 9.17) is 27.4 Å². The number of nitrogens with one attached hydrogen (secondary N) is 3. The molecule has 0 aliphatic rings. The molecule has 0 aromatic carbocycles. The molecule has 220 valence electrons. The van der Waals surface area contributed by atoms with Crippen molar-refractivity contribution in [3.05, 3.63) is 0 Å². The first-order chi connectivity index (χ1) is 17.3. The van der Waals surface area contributed by atoms with Crippen LogP contribution in [0.15, 0.2) is 0 Å². The van der Waals surface area contributed by atoms with E-state index in [2.05, 4.69) is 21.9 Å². The van der Waals surface area contributed by atoms with E-state index in [0.717, 1.165) is 0 Å². The number of rotatable bonds is 19.